The van der Waals surface area contributed by atoms with Gasteiger partial charge in [-0.05, 0) is 32.0 Å². The molecule has 23 heavy (non-hydrogen) atoms. The lowest BCUT2D eigenvalue weighted by Gasteiger charge is -2.31. The second-order valence-electron chi connectivity index (χ2n) is 5.92. The number of piperidine rings is 1. The number of nitrogens with one attached hydrogen (secondary N) is 2. The Balaban J connectivity index is 1.71. The van der Waals surface area contributed by atoms with Crippen LogP contribution in [0.1, 0.15) is 24.8 Å². The molecule has 1 amide bonds. The number of likely N-dealkylation sites (N-methyl/N-ethyl adjacent to an activating group) is 1. The molecule has 0 aliphatic carbocycles. The van der Waals surface area contributed by atoms with E-state index in [1.165, 1.54) is 0 Å². The van der Waals surface area contributed by atoms with E-state index < -0.39 is 10.0 Å². The first kappa shape index (κ1) is 17.9. The van der Waals surface area contributed by atoms with Gasteiger partial charge in [-0.3, -0.25) is 9.69 Å². The Hall–Kier alpha value is -1.44. The van der Waals surface area contributed by atoms with Crippen LogP contribution in [0.3, 0.4) is 0 Å². The maximum atomic E-state index is 12.1. The Morgan fingerprint density at radius 1 is 1.22 bits per heavy atom. The van der Waals surface area contributed by atoms with Gasteiger partial charge in [-0.1, -0.05) is 36.8 Å². The molecule has 1 heterocycles. The normalized spacial score (nSPS) is 19.4. The summed E-state index contributed by atoms with van der Waals surface area (Å²) in [6, 6.07) is 8.93. The summed E-state index contributed by atoms with van der Waals surface area (Å²) in [5.74, 6) is -0.0675. The van der Waals surface area contributed by atoms with Crippen LogP contribution in [0.4, 0.5) is 0 Å². The standard InChI is InChI=1S/C16H25N3O3S/c1-19-12-6-5-9-15(19)16(20)17-10-11-18-23(21,22)13-14-7-3-2-4-8-14/h2-4,7-8,15,18H,5-6,9-13H2,1H3,(H,17,20)/t15-/m1/s1. The number of rotatable bonds is 7. The van der Waals surface area contributed by atoms with Crippen molar-refractivity contribution in [2.45, 2.75) is 31.1 Å². The Morgan fingerprint density at radius 3 is 2.65 bits per heavy atom. The number of carbonyl (C=O) groups is 1. The molecule has 0 spiro atoms. The molecule has 0 bridgehead atoms. The summed E-state index contributed by atoms with van der Waals surface area (Å²) in [6.07, 6.45) is 3.05. The zero-order valence-electron chi connectivity index (χ0n) is 13.5. The summed E-state index contributed by atoms with van der Waals surface area (Å²) in [5.41, 5.74) is 0.743. The maximum absolute atomic E-state index is 12.1. The van der Waals surface area contributed by atoms with E-state index in [9.17, 15) is 13.2 Å². The molecule has 0 saturated carbocycles. The van der Waals surface area contributed by atoms with Gasteiger partial charge >= 0.3 is 0 Å². The van der Waals surface area contributed by atoms with Gasteiger partial charge in [-0.2, -0.15) is 0 Å². The molecule has 0 unspecified atom stereocenters. The summed E-state index contributed by atoms with van der Waals surface area (Å²) in [6.45, 7) is 1.44. The molecule has 1 fully saturated rings. The van der Waals surface area contributed by atoms with Gasteiger partial charge in [0.1, 0.15) is 0 Å². The molecule has 1 aromatic rings. The second-order valence-corrected chi connectivity index (χ2v) is 7.73. The van der Waals surface area contributed by atoms with Crippen LogP contribution >= 0.6 is 0 Å². The second kappa shape index (κ2) is 8.42. The van der Waals surface area contributed by atoms with Crippen LogP contribution in [0.25, 0.3) is 0 Å². The smallest absolute Gasteiger partial charge is 0.237 e. The van der Waals surface area contributed by atoms with Gasteiger partial charge in [0.25, 0.3) is 0 Å². The highest BCUT2D eigenvalue weighted by atomic mass is 32.2. The molecule has 128 valence electrons. The fourth-order valence-corrected chi connectivity index (χ4v) is 3.91. The molecule has 0 aromatic heterocycles. The summed E-state index contributed by atoms with van der Waals surface area (Å²) >= 11 is 0. The van der Waals surface area contributed by atoms with Crippen molar-refractivity contribution in [1.29, 1.82) is 0 Å². The molecule has 1 atom stereocenters. The van der Waals surface area contributed by atoms with Gasteiger partial charge in [-0.15, -0.1) is 0 Å². The predicted octanol–water partition coefficient (Wildman–Crippen LogP) is 0.707. The fourth-order valence-electron chi connectivity index (χ4n) is 2.76. The SMILES string of the molecule is CN1CCCC[C@@H]1C(=O)NCCNS(=O)(=O)Cc1ccccc1. The number of amides is 1. The van der Waals surface area contributed by atoms with Crippen molar-refractivity contribution in [3.05, 3.63) is 35.9 Å². The van der Waals surface area contributed by atoms with Crippen LogP contribution in [0.15, 0.2) is 30.3 Å². The van der Waals surface area contributed by atoms with E-state index in [1.54, 1.807) is 12.1 Å². The van der Waals surface area contributed by atoms with Crippen LogP contribution in [0.5, 0.6) is 0 Å². The van der Waals surface area contributed by atoms with Crippen LogP contribution in [-0.2, 0) is 20.6 Å². The molecule has 1 saturated heterocycles. The minimum Gasteiger partial charge on any atom is -0.353 e. The van der Waals surface area contributed by atoms with Crippen LogP contribution in [0.2, 0.25) is 0 Å². The Morgan fingerprint density at radius 2 is 1.96 bits per heavy atom. The molecule has 0 radical (unpaired) electrons. The van der Waals surface area contributed by atoms with Crippen molar-refractivity contribution >= 4 is 15.9 Å². The minimum absolute atomic E-state index is 0.0190. The number of carbonyl (C=O) groups excluding carboxylic acids is 1. The summed E-state index contributed by atoms with van der Waals surface area (Å²) in [4.78, 5) is 14.1. The van der Waals surface area contributed by atoms with Crippen molar-refractivity contribution in [1.82, 2.24) is 14.9 Å². The Bertz CT molecular complexity index is 604. The molecule has 6 nitrogen and oxygen atoms in total. The van der Waals surface area contributed by atoms with Crippen LogP contribution in [-0.4, -0.2) is 51.9 Å². The number of hydrogen-bond acceptors (Lipinski definition) is 4. The van der Waals surface area contributed by atoms with E-state index in [2.05, 4.69) is 14.9 Å². The third kappa shape index (κ3) is 5.93. The van der Waals surface area contributed by atoms with Gasteiger partial charge in [-0.25, -0.2) is 13.1 Å². The monoisotopic (exact) mass is 339 g/mol. The Kier molecular flexibility index (Phi) is 6.56. The molecule has 7 heteroatoms. The molecule has 1 aromatic carbocycles. The highest BCUT2D eigenvalue weighted by molar-refractivity contribution is 7.88. The van der Waals surface area contributed by atoms with E-state index in [4.69, 9.17) is 0 Å². The zero-order valence-corrected chi connectivity index (χ0v) is 14.3. The summed E-state index contributed by atoms with van der Waals surface area (Å²) in [5, 5.41) is 2.81. The van der Waals surface area contributed by atoms with E-state index in [-0.39, 0.29) is 24.2 Å². The molecular formula is C16H25N3O3S. The van der Waals surface area contributed by atoms with E-state index in [0.29, 0.717) is 6.54 Å². The van der Waals surface area contributed by atoms with E-state index >= 15 is 0 Å². The quantitative estimate of drug-likeness (QED) is 0.717. The first-order chi connectivity index (χ1) is 11.0. The van der Waals surface area contributed by atoms with Crippen LogP contribution in [0, 0.1) is 0 Å². The average molecular weight is 339 g/mol. The first-order valence-corrected chi connectivity index (χ1v) is 9.62. The third-order valence-corrected chi connectivity index (χ3v) is 5.38. The highest BCUT2D eigenvalue weighted by Gasteiger charge is 2.25. The number of likely N-dealkylation sites (tertiary alicyclic amines) is 1. The van der Waals surface area contributed by atoms with E-state index in [0.717, 1.165) is 31.4 Å². The number of hydrogen-bond donors (Lipinski definition) is 2. The molecule has 1 aliphatic heterocycles. The van der Waals surface area contributed by atoms with Gasteiger partial charge in [0.15, 0.2) is 0 Å². The zero-order chi connectivity index (χ0) is 16.7. The van der Waals surface area contributed by atoms with Crippen molar-refractivity contribution in [3.63, 3.8) is 0 Å². The lowest BCUT2D eigenvalue weighted by molar-refractivity contribution is -0.126. The highest BCUT2D eigenvalue weighted by Crippen LogP contribution is 2.14. The summed E-state index contributed by atoms with van der Waals surface area (Å²) in [7, 11) is -1.43. The van der Waals surface area contributed by atoms with Crippen molar-refractivity contribution < 1.29 is 13.2 Å². The lowest BCUT2D eigenvalue weighted by Crippen LogP contribution is -2.48. The van der Waals surface area contributed by atoms with Crippen LogP contribution < -0.4 is 10.0 Å². The predicted molar refractivity (Wildman–Crippen MR) is 90.3 cm³/mol. The third-order valence-electron chi connectivity index (χ3n) is 4.02. The summed E-state index contributed by atoms with van der Waals surface area (Å²) < 4.78 is 26.5. The van der Waals surface area contributed by atoms with E-state index in [1.807, 2.05) is 25.2 Å². The van der Waals surface area contributed by atoms with Gasteiger partial charge in [0, 0.05) is 13.1 Å². The number of nitrogens with zero attached hydrogens (tertiary/aromatic N) is 1. The topological polar surface area (TPSA) is 78.5 Å². The first-order valence-electron chi connectivity index (χ1n) is 7.97. The number of benzene rings is 1. The van der Waals surface area contributed by atoms with Crippen molar-refractivity contribution in [3.8, 4) is 0 Å². The lowest BCUT2D eigenvalue weighted by atomic mass is 10.0. The molecule has 2 rings (SSSR count). The number of sulfonamides is 1. The van der Waals surface area contributed by atoms with Gasteiger partial charge in [0.05, 0.1) is 11.8 Å². The molecule has 2 N–H and O–H groups in total. The average Bonchev–Trinajstić information content (AvgIpc) is 2.52. The largest absolute Gasteiger partial charge is 0.353 e. The Labute approximate surface area is 138 Å². The molecule has 1 aliphatic rings. The van der Waals surface area contributed by atoms with Gasteiger partial charge < -0.3 is 5.32 Å². The fraction of sp³-hybridized carbons (Fsp3) is 0.562. The molecular weight excluding hydrogens is 314 g/mol. The minimum atomic E-state index is -3.38. The van der Waals surface area contributed by atoms with Crippen molar-refractivity contribution in [2.24, 2.45) is 0 Å². The maximum Gasteiger partial charge on any atom is 0.237 e. The van der Waals surface area contributed by atoms with Crippen molar-refractivity contribution in [2.75, 3.05) is 26.7 Å². The van der Waals surface area contributed by atoms with Gasteiger partial charge in [0.2, 0.25) is 15.9 Å².